The molecule has 1 rings (SSSR count). The van der Waals surface area contributed by atoms with Crippen molar-refractivity contribution in [1.82, 2.24) is 0 Å². The van der Waals surface area contributed by atoms with Crippen molar-refractivity contribution in [1.29, 1.82) is 5.26 Å². The van der Waals surface area contributed by atoms with Gasteiger partial charge in [-0.15, -0.1) is 0 Å². The van der Waals surface area contributed by atoms with Crippen molar-refractivity contribution < 1.29 is 23.8 Å². The van der Waals surface area contributed by atoms with E-state index in [2.05, 4.69) is 11.3 Å². The molecular formula is C17H21NO5. The van der Waals surface area contributed by atoms with Gasteiger partial charge in [0, 0.05) is 0 Å². The second-order valence-electron chi connectivity index (χ2n) is 4.61. The first-order valence-corrected chi connectivity index (χ1v) is 6.90. The molecule has 1 aromatic rings. The topological polar surface area (TPSA) is 85.6 Å². The van der Waals surface area contributed by atoms with Crippen molar-refractivity contribution in [2.45, 2.75) is 33.2 Å². The van der Waals surface area contributed by atoms with Crippen molar-refractivity contribution in [3.05, 3.63) is 48.0 Å². The Morgan fingerprint density at radius 1 is 1.17 bits per heavy atom. The quantitative estimate of drug-likeness (QED) is 0.359. The highest BCUT2D eigenvalue weighted by atomic mass is 16.7. The van der Waals surface area contributed by atoms with E-state index in [1.54, 1.807) is 37.3 Å². The monoisotopic (exact) mass is 319 g/mol. The maximum atomic E-state index is 10.9. The smallest absolute Gasteiger partial charge is 0.350 e. The molecule has 0 saturated heterocycles. The van der Waals surface area contributed by atoms with E-state index in [0.717, 1.165) is 0 Å². The van der Waals surface area contributed by atoms with Gasteiger partial charge in [0.1, 0.15) is 11.6 Å². The molecule has 6 heteroatoms. The fourth-order valence-corrected chi connectivity index (χ4v) is 1.37. The number of esters is 2. The van der Waals surface area contributed by atoms with Crippen LogP contribution >= 0.6 is 0 Å². The number of carbonyl (C=O) groups is 2. The standard InChI is InChI=1S/C9H13NO3.C8H8O2/c1-6(2)12-8(4)13-9(11)7(3)5-10;1-10-8(9)7-5-3-2-4-6-7/h6,8H,3H2,1-2,4H3;2-6H,1H3. The molecule has 23 heavy (non-hydrogen) atoms. The third kappa shape index (κ3) is 9.06. The predicted octanol–water partition coefficient (Wildman–Crippen LogP) is 2.85. The zero-order valence-electron chi connectivity index (χ0n) is 13.7. The summed E-state index contributed by atoms with van der Waals surface area (Å²) in [5.74, 6) is -1.03. The number of hydrogen-bond donors (Lipinski definition) is 0. The Morgan fingerprint density at radius 3 is 2.17 bits per heavy atom. The van der Waals surface area contributed by atoms with Gasteiger partial charge in [-0.2, -0.15) is 5.26 Å². The summed E-state index contributed by atoms with van der Waals surface area (Å²) in [5, 5.41) is 8.31. The second kappa shape index (κ2) is 11.0. The van der Waals surface area contributed by atoms with Crippen molar-refractivity contribution >= 4 is 11.9 Å². The molecule has 0 amide bonds. The van der Waals surface area contributed by atoms with Crippen LogP contribution in [0.1, 0.15) is 31.1 Å². The fourth-order valence-electron chi connectivity index (χ4n) is 1.37. The lowest BCUT2D eigenvalue weighted by Gasteiger charge is -2.15. The van der Waals surface area contributed by atoms with Crippen molar-refractivity contribution in [2.24, 2.45) is 0 Å². The maximum absolute atomic E-state index is 10.9. The summed E-state index contributed by atoms with van der Waals surface area (Å²) in [7, 11) is 1.37. The van der Waals surface area contributed by atoms with Crippen molar-refractivity contribution in [2.75, 3.05) is 7.11 Å². The number of carbonyl (C=O) groups excluding carboxylic acids is 2. The largest absolute Gasteiger partial charge is 0.465 e. The van der Waals surface area contributed by atoms with Crippen molar-refractivity contribution in [3.63, 3.8) is 0 Å². The number of hydrogen-bond acceptors (Lipinski definition) is 6. The summed E-state index contributed by atoms with van der Waals surface area (Å²) in [6.07, 6.45) is -0.684. The zero-order chi connectivity index (χ0) is 17.8. The summed E-state index contributed by atoms with van der Waals surface area (Å²) in [4.78, 5) is 21.7. The van der Waals surface area contributed by atoms with Gasteiger partial charge in [-0.25, -0.2) is 9.59 Å². The first kappa shape index (κ1) is 20.3. The molecule has 0 aliphatic rings. The van der Waals surface area contributed by atoms with Crippen LogP contribution in [0.4, 0.5) is 0 Å². The second-order valence-corrected chi connectivity index (χ2v) is 4.61. The molecule has 124 valence electrons. The summed E-state index contributed by atoms with van der Waals surface area (Å²) >= 11 is 0. The highest BCUT2D eigenvalue weighted by Gasteiger charge is 2.13. The molecular weight excluding hydrogens is 298 g/mol. The molecule has 0 aliphatic carbocycles. The fraction of sp³-hybridized carbons (Fsp3) is 0.353. The molecule has 0 aliphatic heterocycles. The third-order valence-electron chi connectivity index (χ3n) is 2.31. The zero-order valence-corrected chi connectivity index (χ0v) is 13.7. The number of nitrogens with zero attached hydrogens (tertiary/aromatic N) is 1. The molecule has 6 nitrogen and oxygen atoms in total. The minimum absolute atomic E-state index is 0.0295. The van der Waals surface area contributed by atoms with Crippen LogP contribution < -0.4 is 0 Å². The summed E-state index contributed by atoms with van der Waals surface area (Å²) < 4.78 is 14.3. The molecule has 1 unspecified atom stereocenters. The molecule has 0 spiro atoms. The minimum Gasteiger partial charge on any atom is -0.465 e. The Balaban J connectivity index is 0.000000433. The molecule has 0 N–H and O–H groups in total. The Labute approximate surface area is 136 Å². The van der Waals surface area contributed by atoms with Crippen LogP contribution in [0.15, 0.2) is 42.5 Å². The lowest BCUT2D eigenvalue weighted by Crippen LogP contribution is -2.21. The normalized spacial score (nSPS) is 10.6. The van der Waals surface area contributed by atoms with E-state index in [4.69, 9.17) is 14.7 Å². The van der Waals surface area contributed by atoms with Crippen LogP contribution in [-0.4, -0.2) is 31.4 Å². The van der Waals surface area contributed by atoms with E-state index < -0.39 is 12.3 Å². The molecule has 0 aromatic heterocycles. The number of rotatable bonds is 5. The van der Waals surface area contributed by atoms with Gasteiger partial charge in [-0.1, -0.05) is 24.8 Å². The highest BCUT2D eigenvalue weighted by Crippen LogP contribution is 2.02. The molecule has 0 heterocycles. The van der Waals surface area contributed by atoms with Crippen LogP contribution in [0.2, 0.25) is 0 Å². The minimum atomic E-state index is -0.740. The summed E-state index contributed by atoms with van der Waals surface area (Å²) in [6.45, 7) is 8.45. The van der Waals surface area contributed by atoms with E-state index >= 15 is 0 Å². The number of benzene rings is 1. The molecule has 0 bridgehead atoms. The number of ether oxygens (including phenoxy) is 3. The van der Waals surface area contributed by atoms with Crippen molar-refractivity contribution in [3.8, 4) is 6.07 Å². The van der Waals surface area contributed by atoms with Crippen LogP contribution in [0.5, 0.6) is 0 Å². The van der Waals surface area contributed by atoms with Gasteiger partial charge >= 0.3 is 11.9 Å². The van der Waals surface area contributed by atoms with Gasteiger partial charge in [0.25, 0.3) is 0 Å². The molecule has 0 radical (unpaired) electrons. The van der Waals surface area contributed by atoms with Crippen LogP contribution in [0.25, 0.3) is 0 Å². The number of nitriles is 1. The molecule has 0 saturated carbocycles. The summed E-state index contributed by atoms with van der Waals surface area (Å²) in [6, 6.07) is 10.5. The van der Waals surface area contributed by atoms with Gasteiger partial charge in [0.05, 0.1) is 18.8 Å². The van der Waals surface area contributed by atoms with Crippen LogP contribution in [0.3, 0.4) is 0 Å². The van der Waals surface area contributed by atoms with E-state index in [9.17, 15) is 9.59 Å². The lowest BCUT2D eigenvalue weighted by molar-refractivity contribution is -0.176. The first-order valence-electron chi connectivity index (χ1n) is 6.90. The predicted molar refractivity (Wildman–Crippen MR) is 84.3 cm³/mol. The third-order valence-corrected chi connectivity index (χ3v) is 2.31. The molecule has 0 fully saturated rings. The van der Waals surface area contributed by atoms with E-state index in [1.807, 2.05) is 19.9 Å². The van der Waals surface area contributed by atoms with Gasteiger partial charge in [-0.05, 0) is 32.9 Å². The molecule has 1 atom stereocenters. The summed E-state index contributed by atoms with van der Waals surface area (Å²) in [5.41, 5.74) is 0.365. The number of methoxy groups -OCH3 is 1. The average Bonchev–Trinajstić information content (AvgIpc) is 2.53. The SMILES string of the molecule is C=C(C#N)C(=O)OC(C)OC(C)C.COC(=O)c1ccccc1. The Kier molecular flexibility index (Phi) is 9.72. The van der Waals surface area contributed by atoms with E-state index in [1.165, 1.54) is 7.11 Å². The Hall–Kier alpha value is -2.65. The van der Waals surface area contributed by atoms with Gasteiger partial charge in [0.15, 0.2) is 0 Å². The van der Waals surface area contributed by atoms with E-state index in [-0.39, 0.29) is 17.6 Å². The van der Waals surface area contributed by atoms with Gasteiger partial charge in [0.2, 0.25) is 6.29 Å². The maximum Gasteiger partial charge on any atom is 0.350 e. The Bertz CT molecular complexity index is 560. The molecule has 1 aromatic carbocycles. The van der Waals surface area contributed by atoms with E-state index in [0.29, 0.717) is 5.56 Å². The van der Waals surface area contributed by atoms with Gasteiger partial charge < -0.3 is 14.2 Å². The van der Waals surface area contributed by atoms with Gasteiger partial charge in [-0.3, -0.25) is 0 Å². The average molecular weight is 319 g/mol. The van der Waals surface area contributed by atoms with Crippen LogP contribution in [-0.2, 0) is 19.0 Å². The first-order chi connectivity index (χ1) is 10.8. The Morgan fingerprint density at radius 2 is 1.74 bits per heavy atom. The lowest BCUT2D eigenvalue weighted by atomic mass is 10.2. The highest BCUT2D eigenvalue weighted by molar-refractivity contribution is 5.91. The van der Waals surface area contributed by atoms with Crippen LogP contribution in [0, 0.1) is 11.3 Å².